The van der Waals surface area contributed by atoms with E-state index in [1.165, 1.54) is 4.90 Å². The maximum Gasteiger partial charge on any atom is 0.261 e. The SMILES string of the molecule is CC[C@@H](C)NC(=O)[C@@H](C)N(Cc1ccc(Cl)cc1Cl)C(=O)COc1ccc(Cl)cc1. The van der Waals surface area contributed by atoms with Crippen LogP contribution in [0.3, 0.4) is 0 Å². The lowest BCUT2D eigenvalue weighted by Crippen LogP contribution is -2.50. The molecule has 30 heavy (non-hydrogen) atoms. The van der Waals surface area contributed by atoms with Crippen molar-refractivity contribution in [3.8, 4) is 5.75 Å². The third-order valence-corrected chi connectivity index (χ3v) is 5.54. The first-order chi connectivity index (χ1) is 14.2. The average Bonchev–Trinajstić information content (AvgIpc) is 2.72. The van der Waals surface area contributed by atoms with Gasteiger partial charge in [-0.3, -0.25) is 9.59 Å². The number of nitrogens with zero attached hydrogens (tertiary/aromatic N) is 1. The van der Waals surface area contributed by atoms with Crippen LogP contribution >= 0.6 is 34.8 Å². The van der Waals surface area contributed by atoms with Gasteiger partial charge in [0.1, 0.15) is 11.8 Å². The van der Waals surface area contributed by atoms with Crippen LogP contribution in [0.4, 0.5) is 0 Å². The van der Waals surface area contributed by atoms with E-state index in [9.17, 15) is 9.59 Å². The van der Waals surface area contributed by atoms with Crippen molar-refractivity contribution in [2.45, 2.75) is 45.8 Å². The third-order valence-electron chi connectivity index (χ3n) is 4.70. The van der Waals surface area contributed by atoms with E-state index < -0.39 is 6.04 Å². The standard InChI is InChI=1S/C22H25Cl3N2O3/c1-4-14(2)26-22(29)15(3)27(12-16-5-6-18(24)11-20(16)25)21(28)13-30-19-9-7-17(23)8-10-19/h5-11,14-15H,4,12-13H2,1-3H3,(H,26,29)/t14-,15-/m1/s1. The normalized spacial score (nSPS) is 12.7. The Morgan fingerprint density at radius 2 is 1.67 bits per heavy atom. The summed E-state index contributed by atoms with van der Waals surface area (Å²) in [5.41, 5.74) is 0.684. The van der Waals surface area contributed by atoms with Gasteiger partial charge in [0.05, 0.1) is 0 Å². The second-order valence-electron chi connectivity index (χ2n) is 6.99. The predicted molar refractivity (Wildman–Crippen MR) is 121 cm³/mol. The first kappa shape index (κ1) is 24.3. The summed E-state index contributed by atoms with van der Waals surface area (Å²) in [5.74, 6) is -0.0778. The van der Waals surface area contributed by atoms with Gasteiger partial charge in [-0.05, 0) is 62.2 Å². The summed E-state index contributed by atoms with van der Waals surface area (Å²) in [6.45, 7) is 5.49. The molecule has 162 valence electrons. The van der Waals surface area contributed by atoms with Crippen LogP contribution in [0.15, 0.2) is 42.5 Å². The van der Waals surface area contributed by atoms with Crippen molar-refractivity contribution >= 4 is 46.6 Å². The van der Waals surface area contributed by atoms with Gasteiger partial charge in [-0.25, -0.2) is 0 Å². The molecule has 0 unspecified atom stereocenters. The quantitative estimate of drug-likeness (QED) is 0.536. The number of hydrogen-bond donors (Lipinski definition) is 1. The summed E-state index contributed by atoms with van der Waals surface area (Å²) in [7, 11) is 0. The van der Waals surface area contributed by atoms with Crippen molar-refractivity contribution in [2.24, 2.45) is 0 Å². The maximum atomic E-state index is 13.0. The highest BCUT2D eigenvalue weighted by Gasteiger charge is 2.27. The summed E-state index contributed by atoms with van der Waals surface area (Å²) < 4.78 is 5.59. The Bertz CT molecular complexity index is 874. The fourth-order valence-corrected chi connectivity index (χ4v) is 3.23. The molecule has 1 N–H and O–H groups in total. The van der Waals surface area contributed by atoms with Gasteiger partial charge in [0.25, 0.3) is 5.91 Å². The molecule has 0 saturated carbocycles. The molecule has 2 aromatic rings. The molecule has 2 atom stereocenters. The predicted octanol–water partition coefficient (Wildman–Crippen LogP) is 5.36. The van der Waals surface area contributed by atoms with E-state index >= 15 is 0 Å². The lowest BCUT2D eigenvalue weighted by Gasteiger charge is -2.30. The molecule has 5 nitrogen and oxygen atoms in total. The number of rotatable bonds is 9. The van der Waals surface area contributed by atoms with E-state index in [1.54, 1.807) is 49.4 Å². The molecule has 0 bridgehead atoms. The van der Waals surface area contributed by atoms with Gasteiger partial charge in [-0.2, -0.15) is 0 Å². The Hall–Kier alpha value is -1.95. The van der Waals surface area contributed by atoms with Crippen LogP contribution < -0.4 is 10.1 Å². The molecule has 0 aliphatic heterocycles. The second kappa shape index (κ2) is 11.4. The van der Waals surface area contributed by atoms with Gasteiger partial charge >= 0.3 is 0 Å². The van der Waals surface area contributed by atoms with Crippen LogP contribution in [0.5, 0.6) is 5.75 Å². The molecular formula is C22H25Cl3N2O3. The van der Waals surface area contributed by atoms with Crippen molar-refractivity contribution in [3.63, 3.8) is 0 Å². The van der Waals surface area contributed by atoms with Crippen molar-refractivity contribution in [1.82, 2.24) is 10.2 Å². The number of nitrogens with one attached hydrogen (secondary N) is 1. The summed E-state index contributed by atoms with van der Waals surface area (Å²) in [5, 5.41) is 4.40. The van der Waals surface area contributed by atoms with Gasteiger partial charge in [0.2, 0.25) is 5.91 Å². The van der Waals surface area contributed by atoms with E-state index in [0.29, 0.717) is 26.4 Å². The van der Waals surface area contributed by atoms with Gasteiger partial charge in [-0.1, -0.05) is 47.8 Å². The molecule has 0 spiro atoms. The summed E-state index contributed by atoms with van der Waals surface area (Å²) >= 11 is 18.1. The Labute approximate surface area is 192 Å². The molecule has 0 fully saturated rings. The van der Waals surface area contributed by atoms with E-state index in [2.05, 4.69) is 5.32 Å². The fraction of sp³-hybridized carbons (Fsp3) is 0.364. The highest BCUT2D eigenvalue weighted by molar-refractivity contribution is 6.35. The van der Waals surface area contributed by atoms with Gasteiger partial charge in [0.15, 0.2) is 6.61 Å². The monoisotopic (exact) mass is 470 g/mol. The van der Waals surface area contributed by atoms with E-state index in [-0.39, 0.29) is 31.0 Å². The minimum Gasteiger partial charge on any atom is -0.484 e. The van der Waals surface area contributed by atoms with Crippen LogP contribution in [0, 0.1) is 0 Å². The van der Waals surface area contributed by atoms with E-state index in [1.807, 2.05) is 13.8 Å². The first-order valence-electron chi connectivity index (χ1n) is 9.63. The molecule has 0 aromatic heterocycles. The molecule has 0 saturated heterocycles. The minimum atomic E-state index is -0.716. The topological polar surface area (TPSA) is 58.6 Å². The number of benzene rings is 2. The molecule has 8 heteroatoms. The Kier molecular flexibility index (Phi) is 9.28. The summed E-state index contributed by atoms with van der Waals surface area (Å²) in [6, 6.07) is 11.0. The zero-order chi connectivity index (χ0) is 22.3. The van der Waals surface area contributed by atoms with Crippen molar-refractivity contribution in [2.75, 3.05) is 6.61 Å². The maximum absolute atomic E-state index is 13.0. The third kappa shape index (κ3) is 7.08. The Morgan fingerprint density at radius 3 is 2.27 bits per heavy atom. The zero-order valence-corrected chi connectivity index (χ0v) is 19.4. The summed E-state index contributed by atoms with van der Waals surface area (Å²) in [4.78, 5) is 27.1. The van der Waals surface area contributed by atoms with Crippen LogP contribution in [-0.4, -0.2) is 35.4 Å². The van der Waals surface area contributed by atoms with E-state index in [4.69, 9.17) is 39.5 Å². The number of ether oxygens (including phenoxy) is 1. The molecule has 2 amide bonds. The highest BCUT2D eigenvalue weighted by atomic mass is 35.5. The summed E-state index contributed by atoms with van der Waals surface area (Å²) in [6.07, 6.45) is 0.787. The van der Waals surface area contributed by atoms with Crippen molar-refractivity contribution in [3.05, 3.63) is 63.1 Å². The Balaban J connectivity index is 2.18. The average molecular weight is 472 g/mol. The van der Waals surface area contributed by atoms with Crippen LogP contribution in [0.1, 0.15) is 32.8 Å². The van der Waals surface area contributed by atoms with Gasteiger partial charge in [0, 0.05) is 27.7 Å². The fourth-order valence-electron chi connectivity index (χ4n) is 2.64. The number of amides is 2. The van der Waals surface area contributed by atoms with Crippen LogP contribution in [0.25, 0.3) is 0 Å². The first-order valence-corrected chi connectivity index (χ1v) is 10.8. The molecule has 0 heterocycles. The smallest absolute Gasteiger partial charge is 0.261 e. The lowest BCUT2D eigenvalue weighted by molar-refractivity contribution is -0.142. The highest BCUT2D eigenvalue weighted by Crippen LogP contribution is 2.23. The molecule has 0 radical (unpaired) electrons. The number of hydrogen-bond acceptors (Lipinski definition) is 3. The van der Waals surface area contributed by atoms with Gasteiger partial charge < -0.3 is 15.0 Å². The number of halogens is 3. The largest absolute Gasteiger partial charge is 0.484 e. The number of carbonyl (C=O) groups is 2. The Morgan fingerprint density at radius 1 is 1.03 bits per heavy atom. The number of carbonyl (C=O) groups excluding carboxylic acids is 2. The second-order valence-corrected chi connectivity index (χ2v) is 8.27. The molecule has 0 aliphatic rings. The van der Waals surface area contributed by atoms with E-state index in [0.717, 1.165) is 6.42 Å². The van der Waals surface area contributed by atoms with Crippen molar-refractivity contribution in [1.29, 1.82) is 0 Å². The van der Waals surface area contributed by atoms with Crippen LogP contribution in [0.2, 0.25) is 15.1 Å². The molecule has 0 aliphatic carbocycles. The van der Waals surface area contributed by atoms with Crippen molar-refractivity contribution < 1.29 is 14.3 Å². The molecule has 2 aromatic carbocycles. The minimum absolute atomic E-state index is 0.00124. The molecular weight excluding hydrogens is 447 g/mol. The van der Waals surface area contributed by atoms with Crippen LogP contribution in [-0.2, 0) is 16.1 Å². The van der Waals surface area contributed by atoms with Gasteiger partial charge in [-0.15, -0.1) is 0 Å². The zero-order valence-electron chi connectivity index (χ0n) is 17.1. The lowest BCUT2D eigenvalue weighted by atomic mass is 10.1. The molecule has 2 rings (SSSR count).